The van der Waals surface area contributed by atoms with Crippen LogP contribution in [0, 0.1) is 0 Å². The van der Waals surface area contributed by atoms with Crippen LogP contribution < -0.4 is 28.4 Å². The number of methoxy groups -OCH3 is 6. The van der Waals surface area contributed by atoms with Gasteiger partial charge in [0.05, 0.1) is 48.2 Å². The average Bonchev–Trinajstić information content (AvgIpc) is 3.01. The molecule has 0 N–H and O–H groups in total. The smallest absolute Gasteiger partial charge is 0.163 e. The maximum absolute atomic E-state index is 12.9. The van der Waals surface area contributed by atoms with E-state index in [1.165, 1.54) is 6.92 Å². The van der Waals surface area contributed by atoms with Crippen molar-refractivity contribution < 1.29 is 33.2 Å². The Morgan fingerprint density at radius 2 is 0.951 bits per heavy atom. The van der Waals surface area contributed by atoms with Crippen LogP contribution in [0.4, 0.5) is 0 Å². The summed E-state index contributed by atoms with van der Waals surface area (Å²) in [5, 5.41) is 8.70. The number of ether oxygens (including phenoxy) is 6. The first kappa shape index (κ1) is 26.3. The lowest BCUT2D eigenvalue weighted by molar-refractivity contribution is 0.101. The van der Waals surface area contributed by atoms with Gasteiger partial charge in [0.2, 0.25) is 0 Å². The zero-order valence-corrected chi connectivity index (χ0v) is 24.1. The van der Waals surface area contributed by atoms with Crippen LogP contribution in [0.25, 0.3) is 53.9 Å². The van der Waals surface area contributed by atoms with Gasteiger partial charge in [-0.3, -0.25) is 4.79 Å². The van der Waals surface area contributed by atoms with Crippen LogP contribution >= 0.6 is 0 Å². The second-order valence-electron chi connectivity index (χ2n) is 9.76. The van der Waals surface area contributed by atoms with E-state index in [2.05, 4.69) is 18.2 Å². The van der Waals surface area contributed by atoms with Crippen molar-refractivity contribution in [2.75, 3.05) is 42.7 Å². The van der Waals surface area contributed by atoms with Crippen LogP contribution in [0.2, 0.25) is 0 Å². The van der Waals surface area contributed by atoms with Gasteiger partial charge in [0.25, 0.3) is 0 Å². The van der Waals surface area contributed by atoms with Gasteiger partial charge in [-0.15, -0.1) is 0 Å². The normalized spacial score (nSPS) is 11.4. The number of hydrogen-bond acceptors (Lipinski definition) is 7. The number of carbonyl (C=O) groups excluding carboxylic acids is 1. The lowest BCUT2D eigenvalue weighted by Crippen LogP contribution is -2.01. The van der Waals surface area contributed by atoms with E-state index < -0.39 is 0 Å². The molecule has 41 heavy (non-hydrogen) atoms. The Kier molecular flexibility index (Phi) is 6.37. The highest BCUT2D eigenvalue weighted by atomic mass is 16.5. The Morgan fingerprint density at radius 1 is 0.463 bits per heavy atom. The second-order valence-corrected chi connectivity index (χ2v) is 9.76. The Labute approximate surface area is 237 Å². The number of Topliss-reactive ketones (excluding diaryl/α,β-unsaturated/α-hetero) is 1. The highest BCUT2D eigenvalue weighted by molar-refractivity contribution is 6.36. The number of hydrogen-bond donors (Lipinski definition) is 0. The average molecular weight is 551 g/mol. The molecule has 0 aliphatic rings. The number of carbonyl (C=O) groups is 1. The molecule has 6 aromatic carbocycles. The molecule has 0 aliphatic heterocycles. The van der Waals surface area contributed by atoms with Crippen molar-refractivity contribution in [1.29, 1.82) is 0 Å². The molecule has 0 heterocycles. The summed E-state index contributed by atoms with van der Waals surface area (Å²) in [4.78, 5) is 12.9. The van der Waals surface area contributed by atoms with Gasteiger partial charge in [-0.05, 0) is 60.2 Å². The summed E-state index contributed by atoms with van der Waals surface area (Å²) in [5.74, 6) is 3.64. The van der Waals surface area contributed by atoms with Crippen LogP contribution in [0.5, 0.6) is 34.5 Å². The predicted molar refractivity (Wildman–Crippen MR) is 163 cm³/mol. The molecule has 7 nitrogen and oxygen atoms in total. The van der Waals surface area contributed by atoms with Crippen LogP contribution in [0.3, 0.4) is 0 Å². The SMILES string of the molecule is COc1ccc(OC)c2c1cc(OC)c1ccc3ccc4c(OC)cc5c(OC)cc(C(C)=O)c(OC)c5c4c3c12. The summed E-state index contributed by atoms with van der Waals surface area (Å²) in [5.41, 5.74) is 0.433. The summed E-state index contributed by atoms with van der Waals surface area (Å²) >= 11 is 0. The molecule has 0 spiro atoms. The number of fused-ring (bicyclic) bond motifs is 9. The summed E-state index contributed by atoms with van der Waals surface area (Å²) in [6.07, 6.45) is 0. The first-order chi connectivity index (χ1) is 19.9. The first-order valence-electron chi connectivity index (χ1n) is 13.1. The molecular weight excluding hydrogens is 520 g/mol. The van der Waals surface area contributed by atoms with E-state index >= 15 is 0 Å². The van der Waals surface area contributed by atoms with E-state index in [9.17, 15) is 4.79 Å². The van der Waals surface area contributed by atoms with Gasteiger partial charge < -0.3 is 28.4 Å². The third-order valence-electron chi connectivity index (χ3n) is 7.90. The lowest BCUT2D eigenvalue weighted by atomic mass is 9.88. The van der Waals surface area contributed by atoms with Crippen molar-refractivity contribution in [3.05, 3.63) is 60.2 Å². The Balaban J connectivity index is 2.07. The molecular formula is C34H30O7. The van der Waals surface area contributed by atoms with Gasteiger partial charge in [-0.1, -0.05) is 12.1 Å². The van der Waals surface area contributed by atoms with Gasteiger partial charge in [-0.25, -0.2) is 0 Å². The molecule has 0 saturated carbocycles. The summed E-state index contributed by atoms with van der Waals surface area (Å²) < 4.78 is 35.4. The quantitative estimate of drug-likeness (QED) is 0.149. The lowest BCUT2D eigenvalue weighted by Gasteiger charge is -2.21. The van der Waals surface area contributed by atoms with Crippen LogP contribution in [0.15, 0.2) is 54.6 Å². The molecule has 6 aromatic rings. The highest BCUT2D eigenvalue weighted by Crippen LogP contribution is 2.51. The summed E-state index contributed by atoms with van der Waals surface area (Å²) in [6, 6.07) is 17.7. The van der Waals surface area contributed by atoms with E-state index in [1.807, 2.05) is 30.3 Å². The van der Waals surface area contributed by atoms with Crippen molar-refractivity contribution in [3.8, 4) is 34.5 Å². The molecule has 0 aromatic heterocycles. The predicted octanol–water partition coefficient (Wildman–Crippen LogP) is 7.71. The van der Waals surface area contributed by atoms with Crippen molar-refractivity contribution >= 4 is 59.6 Å². The van der Waals surface area contributed by atoms with Crippen LogP contribution in [0.1, 0.15) is 17.3 Å². The molecule has 0 fully saturated rings. The van der Waals surface area contributed by atoms with Crippen molar-refractivity contribution in [2.45, 2.75) is 6.92 Å². The summed E-state index contributed by atoms with van der Waals surface area (Å²) in [7, 11) is 9.79. The minimum Gasteiger partial charge on any atom is -0.496 e. The zero-order valence-electron chi connectivity index (χ0n) is 24.1. The van der Waals surface area contributed by atoms with E-state index in [-0.39, 0.29) is 5.78 Å². The number of ketones is 1. The third kappa shape index (κ3) is 3.69. The van der Waals surface area contributed by atoms with Gasteiger partial charge in [0, 0.05) is 43.1 Å². The van der Waals surface area contributed by atoms with Crippen LogP contribution in [-0.2, 0) is 0 Å². The maximum atomic E-state index is 12.9. The molecule has 0 amide bonds. The molecule has 0 aliphatic carbocycles. The molecule has 0 unspecified atom stereocenters. The summed E-state index contributed by atoms with van der Waals surface area (Å²) in [6.45, 7) is 1.53. The van der Waals surface area contributed by atoms with Crippen LogP contribution in [-0.4, -0.2) is 48.4 Å². The molecule has 0 atom stereocenters. The largest absolute Gasteiger partial charge is 0.496 e. The van der Waals surface area contributed by atoms with E-state index in [0.29, 0.717) is 40.1 Å². The third-order valence-corrected chi connectivity index (χ3v) is 7.90. The van der Waals surface area contributed by atoms with Gasteiger partial charge in [0.15, 0.2) is 5.78 Å². The zero-order chi connectivity index (χ0) is 29.0. The maximum Gasteiger partial charge on any atom is 0.163 e. The Hall–Kier alpha value is -4.91. The van der Waals surface area contributed by atoms with E-state index in [4.69, 9.17) is 28.4 Å². The Bertz CT molecular complexity index is 2040. The van der Waals surface area contributed by atoms with Gasteiger partial charge in [-0.2, -0.15) is 0 Å². The molecule has 7 heteroatoms. The molecule has 0 saturated heterocycles. The molecule has 6 rings (SSSR count). The number of benzene rings is 6. The molecule has 208 valence electrons. The van der Waals surface area contributed by atoms with E-state index in [0.717, 1.165) is 53.9 Å². The minimum atomic E-state index is -0.130. The van der Waals surface area contributed by atoms with Gasteiger partial charge >= 0.3 is 0 Å². The van der Waals surface area contributed by atoms with Crippen molar-refractivity contribution in [2.24, 2.45) is 0 Å². The standard InChI is InChI=1S/C34H30O7/c1-17(35)21-14-28(40-6)23-16-27(39-5)20-11-9-18-8-10-19-26(38-4)15-22-24(36-2)12-13-25(37-3)30(22)31(19)29(18)32(20)33(23)34(21)41-7/h8-16H,1-7H3. The highest BCUT2D eigenvalue weighted by Gasteiger charge is 2.24. The molecule has 0 radical (unpaired) electrons. The fraction of sp³-hybridized carbons (Fsp3) is 0.206. The monoisotopic (exact) mass is 550 g/mol. The second kappa shape index (κ2) is 9.93. The minimum absolute atomic E-state index is 0.130. The fourth-order valence-electron chi connectivity index (χ4n) is 6.12. The fourth-order valence-corrected chi connectivity index (χ4v) is 6.12. The Morgan fingerprint density at radius 3 is 1.46 bits per heavy atom. The van der Waals surface area contributed by atoms with E-state index in [1.54, 1.807) is 48.7 Å². The number of rotatable bonds is 7. The first-order valence-corrected chi connectivity index (χ1v) is 13.1. The topological polar surface area (TPSA) is 72.5 Å². The molecule has 0 bridgehead atoms. The van der Waals surface area contributed by atoms with Crippen molar-refractivity contribution in [1.82, 2.24) is 0 Å². The van der Waals surface area contributed by atoms with Gasteiger partial charge in [0.1, 0.15) is 34.5 Å². The van der Waals surface area contributed by atoms with Crippen molar-refractivity contribution in [3.63, 3.8) is 0 Å².